The molecule has 1 aromatic heterocycles. The number of aromatic nitrogens is 1. The van der Waals surface area contributed by atoms with Crippen LogP contribution in [0, 0.1) is 0 Å². The maximum absolute atomic E-state index is 12.1. The van der Waals surface area contributed by atoms with Gasteiger partial charge in [-0.05, 0) is 0 Å². The molecule has 0 spiro atoms. The highest BCUT2D eigenvalue weighted by Crippen LogP contribution is 2.33. The average molecular weight is 313 g/mol. The summed E-state index contributed by atoms with van der Waals surface area (Å²) in [5, 5.41) is -0.229. The molecule has 0 aliphatic rings. The smallest absolute Gasteiger partial charge is 0.316 e. The van der Waals surface area contributed by atoms with E-state index in [-0.39, 0.29) is 11.0 Å². The Balaban J connectivity index is 2.24. The van der Waals surface area contributed by atoms with Crippen molar-refractivity contribution < 1.29 is 12.8 Å². The van der Waals surface area contributed by atoms with Gasteiger partial charge in [-0.1, -0.05) is 67.6 Å². The van der Waals surface area contributed by atoms with Crippen LogP contribution in [0.15, 0.2) is 70.3 Å². The number of hydrogen-bond acceptors (Lipinski definition) is 4. The molecule has 0 radical (unpaired) electrons. The third-order valence-corrected chi connectivity index (χ3v) is 4.80. The summed E-state index contributed by atoms with van der Waals surface area (Å²) >= 11 is 0. The van der Waals surface area contributed by atoms with Crippen molar-refractivity contribution in [1.29, 1.82) is 0 Å². The highest BCUT2D eigenvalue weighted by atomic mass is 32.2. The van der Waals surface area contributed by atoms with E-state index in [1.165, 1.54) is 0 Å². The van der Waals surface area contributed by atoms with E-state index in [1.54, 1.807) is 6.92 Å². The van der Waals surface area contributed by atoms with E-state index < -0.39 is 9.84 Å². The van der Waals surface area contributed by atoms with E-state index in [1.807, 2.05) is 60.7 Å². The van der Waals surface area contributed by atoms with Crippen LogP contribution in [-0.4, -0.2) is 19.2 Å². The van der Waals surface area contributed by atoms with Gasteiger partial charge < -0.3 is 4.42 Å². The van der Waals surface area contributed by atoms with E-state index in [2.05, 4.69) is 4.98 Å². The maximum atomic E-state index is 12.1. The SMILES string of the molecule is CCS(=O)(=O)c1nc(-c2ccccc2)c(-c2ccccc2)o1. The van der Waals surface area contributed by atoms with Crippen LogP contribution in [0.25, 0.3) is 22.6 Å². The number of benzene rings is 2. The lowest BCUT2D eigenvalue weighted by Crippen LogP contribution is -2.03. The lowest BCUT2D eigenvalue weighted by atomic mass is 10.1. The molecular weight excluding hydrogens is 298 g/mol. The summed E-state index contributed by atoms with van der Waals surface area (Å²) < 4.78 is 29.8. The van der Waals surface area contributed by atoms with E-state index in [9.17, 15) is 8.42 Å². The molecule has 0 saturated heterocycles. The number of sulfone groups is 1. The highest BCUT2D eigenvalue weighted by molar-refractivity contribution is 7.91. The van der Waals surface area contributed by atoms with E-state index in [0.29, 0.717) is 11.5 Å². The number of hydrogen-bond donors (Lipinski definition) is 0. The molecule has 1 heterocycles. The fraction of sp³-hybridized carbons (Fsp3) is 0.118. The van der Waals surface area contributed by atoms with Gasteiger partial charge in [0.2, 0.25) is 9.84 Å². The maximum Gasteiger partial charge on any atom is 0.316 e. The molecule has 0 saturated carbocycles. The predicted molar refractivity (Wildman–Crippen MR) is 85.1 cm³/mol. The molecule has 0 fully saturated rings. The second-order valence-electron chi connectivity index (χ2n) is 4.79. The highest BCUT2D eigenvalue weighted by Gasteiger charge is 2.24. The summed E-state index contributed by atoms with van der Waals surface area (Å²) in [6, 6.07) is 18.8. The molecule has 0 N–H and O–H groups in total. The second-order valence-corrected chi connectivity index (χ2v) is 6.95. The van der Waals surface area contributed by atoms with Crippen LogP contribution >= 0.6 is 0 Å². The van der Waals surface area contributed by atoms with Crippen molar-refractivity contribution in [2.75, 3.05) is 5.75 Å². The molecule has 4 nitrogen and oxygen atoms in total. The molecule has 3 aromatic rings. The Labute approximate surface area is 129 Å². The van der Waals surface area contributed by atoms with Crippen LogP contribution in [-0.2, 0) is 9.84 Å². The van der Waals surface area contributed by atoms with Crippen LogP contribution < -0.4 is 0 Å². The second kappa shape index (κ2) is 5.77. The summed E-state index contributed by atoms with van der Waals surface area (Å²) in [6.07, 6.45) is 0. The zero-order valence-electron chi connectivity index (χ0n) is 12.1. The van der Waals surface area contributed by atoms with Crippen molar-refractivity contribution in [3.05, 3.63) is 60.7 Å². The summed E-state index contributed by atoms with van der Waals surface area (Å²) in [5.74, 6) is 0.425. The Hall–Kier alpha value is -2.40. The van der Waals surface area contributed by atoms with Gasteiger partial charge in [0.05, 0.1) is 5.75 Å². The number of nitrogens with zero attached hydrogens (tertiary/aromatic N) is 1. The normalized spacial score (nSPS) is 11.5. The zero-order valence-corrected chi connectivity index (χ0v) is 12.9. The zero-order chi connectivity index (χ0) is 15.6. The van der Waals surface area contributed by atoms with Gasteiger partial charge in [0, 0.05) is 11.1 Å². The van der Waals surface area contributed by atoms with Gasteiger partial charge in [0.1, 0.15) is 5.69 Å². The summed E-state index contributed by atoms with van der Waals surface area (Å²) in [7, 11) is -3.49. The molecule has 112 valence electrons. The lowest BCUT2D eigenvalue weighted by molar-refractivity contribution is 0.440. The standard InChI is InChI=1S/C17H15NO3S/c1-2-22(19,20)17-18-15(13-9-5-3-6-10-13)16(21-17)14-11-7-4-8-12-14/h3-12H,2H2,1H3. The molecular formula is C17H15NO3S. The Morgan fingerprint density at radius 2 is 1.45 bits per heavy atom. The molecule has 3 rings (SSSR count). The average Bonchev–Trinajstić information content (AvgIpc) is 3.02. The molecule has 0 bridgehead atoms. The molecule has 0 aliphatic heterocycles. The van der Waals surface area contributed by atoms with Crippen molar-refractivity contribution >= 4 is 9.84 Å². The first-order chi connectivity index (χ1) is 10.6. The fourth-order valence-corrected chi connectivity index (χ4v) is 2.82. The predicted octanol–water partition coefficient (Wildman–Crippen LogP) is 3.80. The fourth-order valence-electron chi connectivity index (χ4n) is 2.13. The first-order valence-corrected chi connectivity index (χ1v) is 8.61. The van der Waals surface area contributed by atoms with E-state index in [4.69, 9.17) is 4.42 Å². The quantitative estimate of drug-likeness (QED) is 0.735. The molecule has 0 amide bonds. The summed E-state index contributed by atoms with van der Waals surface area (Å²) in [6.45, 7) is 1.57. The number of rotatable bonds is 4. The van der Waals surface area contributed by atoms with Crippen LogP contribution in [0.2, 0.25) is 0 Å². The Bertz CT molecular complexity index is 812. The topological polar surface area (TPSA) is 60.2 Å². The Morgan fingerprint density at radius 3 is 2.00 bits per heavy atom. The first-order valence-electron chi connectivity index (χ1n) is 6.96. The minimum absolute atomic E-state index is 0.0457. The minimum Gasteiger partial charge on any atom is -0.427 e. The third-order valence-electron chi connectivity index (χ3n) is 3.34. The third kappa shape index (κ3) is 2.67. The van der Waals surface area contributed by atoms with Crippen LogP contribution in [0.1, 0.15) is 6.92 Å². The van der Waals surface area contributed by atoms with Crippen LogP contribution in [0.4, 0.5) is 0 Å². The molecule has 5 heteroatoms. The van der Waals surface area contributed by atoms with E-state index >= 15 is 0 Å². The number of oxazole rings is 1. The van der Waals surface area contributed by atoms with Crippen LogP contribution in [0.5, 0.6) is 0 Å². The van der Waals surface area contributed by atoms with Gasteiger partial charge in [-0.2, -0.15) is 4.98 Å². The van der Waals surface area contributed by atoms with Gasteiger partial charge in [-0.3, -0.25) is 0 Å². The van der Waals surface area contributed by atoms with Gasteiger partial charge in [-0.15, -0.1) is 0 Å². The molecule has 22 heavy (non-hydrogen) atoms. The first kappa shape index (κ1) is 14.5. The lowest BCUT2D eigenvalue weighted by Gasteiger charge is -2.00. The van der Waals surface area contributed by atoms with Crippen molar-refractivity contribution in [3.8, 4) is 22.6 Å². The van der Waals surface area contributed by atoms with Gasteiger partial charge in [0.15, 0.2) is 5.76 Å². The van der Waals surface area contributed by atoms with Crippen molar-refractivity contribution in [3.63, 3.8) is 0 Å². The van der Waals surface area contributed by atoms with Crippen molar-refractivity contribution in [1.82, 2.24) is 4.98 Å². The molecule has 2 aromatic carbocycles. The Kier molecular flexibility index (Phi) is 3.81. The minimum atomic E-state index is -3.49. The molecule has 0 atom stereocenters. The van der Waals surface area contributed by atoms with Crippen molar-refractivity contribution in [2.24, 2.45) is 0 Å². The van der Waals surface area contributed by atoms with E-state index in [0.717, 1.165) is 11.1 Å². The Morgan fingerprint density at radius 1 is 0.909 bits per heavy atom. The van der Waals surface area contributed by atoms with Crippen molar-refractivity contribution in [2.45, 2.75) is 12.1 Å². The molecule has 0 unspecified atom stereocenters. The van der Waals surface area contributed by atoms with Gasteiger partial charge in [-0.25, -0.2) is 8.42 Å². The summed E-state index contributed by atoms with van der Waals surface area (Å²) in [5.41, 5.74) is 2.16. The van der Waals surface area contributed by atoms with Crippen LogP contribution in [0.3, 0.4) is 0 Å². The summed E-state index contributed by atoms with van der Waals surface area (Å²) in [4.78, 5) is 4.24. The largest absolute Gasteiger partial charge is 0.427 e. The van der Waals surface area contributed by atoms with Gasteiger partial charge in [0.25, 0.3) is 0 Å². The monoisotopic (exact) mass is 313 g/mol. The molecule has 0 aliphatic carbocycles. The van der Waals surface area contributed by atoms with Gasteiger partial charge >= 0.3 is 5.22 Å².